The summed E-state index contributed by atoms with van der Waals surface area (Å²) in [6.45, 7) is 0. The molecule has 0 radical (unpaired) electrons. The highest BCUT2D eigenvalue weighted by Crippen LogP contribution is 2.15. The molecule has 0 saturated carbocycles. The molecule has 3 heteroatoms. The number of benzene rings is 2. The quantitative estimate of drug-likeness (QED) is 0.598. The lowest BCUT2D eigenvalue weighted by molar-refractivity contribution is -0.117. The van der Waals surface area contributed by atoms with Gasteiger partial charge in [0.2, 0.25) is 0 Å². The zero-order valence-electron chi connectivity index (χ0n) is 12.7. The molecule has 0 aliphatic carbocycles. The second-order valence-corrected chi connectivity index (χ2v) is 4.58. The molecule has 0 saturated heterocycles. The van der Waals surface area contributed by atoms with Gasteiger partial charge in [0.25, 0.3) is 5.78 Å². The van der Waals surface area contributed by atoms with Crippen LogP contribution >= 0.6 is 0 Å². The van der Waals surface area contributed by atoms with Gasteiger partial charge in [-0.3, -0.25) is 4.79 Å². The summed E-state index contributed by atoms with van der Waals surface area (Å²) in [5.74, 6) is 0.170. The van der Waals surface area contributed by atoms with Crippen LogP contribution in [0.2, 0.25) is 0 Å². The Morgan fingerprint density at radius 2 is 1.09 bits per heavy atom. The average molecular weight is 294 g/mol. The maximum Gasteiger partial charge on any atom is 0.261 e. The molecule has 112 valence electrons. The van der Waals surface area contributed by atoms with E-state index in [9.17, 15) is 4.79 Å². The van der Waals surface area contributed by atoms with E-state index in [0.29, 0.717) is 0 Å². The normalized spacial score (nSPS) is 11.9. The number of rotatable bonds is 6. The van der Waals surface area contributed by atoms with Gasteiger partial charge < -0.3 is 9.47 Å². The van der Waals surface area contributed by atoms with Crippen LogP contribution in [0.25, 0.3) is 12.2 Å². The van der Waals surface area contributed by atoms with Crippen molar-refractivity contribution in [1.82, 2.24) is 0 Å². The van der Waals surface area contributed by atoms with E-state index in [0.717, 1.165) is 11.1 Å². The summed E-state index contributed by atoms with van der Waals surface area (Å²) in [5.41, 5.74) is 1.78. The lowest BCUT2D eigenvalue weighted by Crippen LogP contribution is -2.09. The Morgan fingerprint density at radius 1 is 0.727 bits per heavy atom. The van der Waals surface area contributed by atoms with Crippen LogP contribution in [-0.2, 0) is 14.3 Å². The molecule has 0 aliphatic heterocycles. The van der Waals surface area contributed by atoms with Crippen molar-refractivity contribution >= 4 is 17.9 Å². The monoisotopic (exact) mass is 294 g/mol. The Morgan fingerprint density at radius 3 is 1.41 bits per heavy atom. The lowest BCUT2D eigenvalue weighted by atomic mass is 10.1. The number of carbonyl (C=O) groups excluding carboxylic acids is 1. The predicted octanol–water partition coefficient (Wildman–Crippen LogP) is 3.93. The van der Waals surface area contributed by atoms with E-state index in [4.69, 9.17) is 9.47 Å². The van der Waals surface area contributed by atoms with E-state index >= 15 is 0 Å². The molecule has 0 fully saturated rings. The van der Waals surface area contributed by atoms with E-state index in [1.165, 1.54) is 14.2 Å². The number of methoxy groups -OCH3 is 2. The van der Waals surface area contributed by atoms with Crippen LogP contribution in [0.5, 0.6) is 0 Å². The first kappa shape index (κ1) is 15.6. The van der Waals surface area contributed by atoms with Crippen molar-refractivity contribution in [3.63, 3.8) is 0 Å². The van der Waals surface area contributed by atoms with E-state index in [1.807, 2.05) is 60.7 Å². The van der Waals surface area contributed by atoms with Gasteiger partial charge in [-0.15, -0.1) is 0 Å². The Hall–Kier alpha value is -2.81. The molecule has 2 aromatic carbocycles. The zero-order chi connectivity index (χ0) is 15.8. The SMILES string of the molecule is COC(=Cc1ccccc1)C(=O)C(=Cc1ccccc1)OC. The number of hydrogen-bond donors (Lipinski definition) is 0. The highest BCUT2D eigenvalue weighted by atomic mass is 16.5. The molecule has 2 rings (SSSR count). The Labute approximate surface area is 130 Å². The highest BCUT2D eigenvalue weighted by Gasteiger charge is 2.16. The van der Waals surface area contributed by atoms with Crippen LogP contribution < -0.4 is 0 Å². The van der Waals surface area contributed by atoms with Crippen LogP contribution in [0.1, 0.15) is 11.1 Å². The molecule has 0 atom stereocenters. The fourth-order valence-corrected chi connectivity index (χ4v) is 1.96. The molecule has 3 nitrogen and oxygen atoms in total. The van der Waals surface area contributed by atoms with Gasteiger partial charge in [0.1, 0.15) is 0 Å². The van der Waals surface area contributed by atoms with Gasteiger partial charge in [-0.05, 0) is 23.3 Å². The average Bonchev–Trinajstić information content (AvgIpc) is 2.59. The van der Waals surface area contributed by atoms with Crippen molar-refractivity contribution in [1.29, 1.82) is 0 Å². The zero-order valence-corrected chi connectivity index (χ0v) is 12.7. The first-order valence-corrected chi connectivity index (χ1v) is 6.90. The number of ether oxygens (including phenoxy) is 2. The summed E-state index contributed by atoms with van der Waals surface area (Å²) in [4.78, 5) is 12.5. The Balaban J connectivity index is 2.30. The van der Waals surface area contributed by atoms with Crippen molar-refractivity contribution in [3.8, 4) is 0 Å². The van der Waals surface area contributed by atoms with Gasteiger partial charge in [-0.1, -0.05) is 60.7 Å². The van der Waals surface area contributed by atoms with Gasteiger partial charge in [0.05, 0.1) is 14.2 Å². The maximum absolute atomic E-state index is 12.5. The van der Waals surface area contributed by atoms with Gasteiger partial charge in [0, 0.05) is 0 Å². The standard InChI is InChI=1S/C19H18O3/c1-21-17(13-15-9-5-3-6-10-15)19(20)18(22-2)14-16-11-7-4-8-12-16/h3-14H,1-2H3. The van der Waals surface area contributed by atoms with Crippen LogP contribution in [0.3, 0.4) is 0 Å². The van der Waals surface area contributed by atoms with Crippen LogP contribution in [0.4, 0.5) is 0 Å². The second kappa shape index (κ2) is 7.84. The van der Waals surface area contributed by atoms with Crippen molar-refractivity contribution < 1.29 is 14.3 Å². The first-order valence-electron chi connectivity index (χ1n) is 6.90. The largest absolute Gasteiger partial charge is 0.492 e. The molecule has 0 aromatic heterocycles. The van der Waals surface area contributed by atoms with Crippen molar-refractivity contribution in [2.24, 2.45) is 0 Å². The fraction of sp³-hybridized carbons (Fsp3) is 0.105. The number of Topliss-reactive ketones (excluding diaryl/α,β-unsaturated/α-hetero) is 1. The third-order valence-corrected chi connectivity index (χ3v) is 3.08. The minimum Gasteiger partial charge on any atom is -0.492 e. The molecule has 0 spiro atoms. The summed E-state index contributed by atoms with van der Waals surface area (Å²) in [6, 6.07) is 19.1. The maximum atomic E-state index is 12.5. The summed E-state index contributed by atoms with van der Waals surface area (Å²) < 4.78 is 10.5. The van der Waals surface area contributed by atoms with E-state index in [-0.39, 0.29) is 17.3 Å². The van der Waals surface area contributed by atoms with Crippen molar-refractivity contribution in [2.75, 3.05) is 14.2 Å². The van der Waals surface area contributed by atoms with Crippen LogP contribution in [0, 0.1) is 0 Å². The molecule has 0 bridgehead atoms. The molecule has 0 unspecified atom stereocenters. The lowest BCUT2D eigenvalue weighted by Gasteiger charge is -2.08. The number of ketones is 1. The third-order valence-electron chi connectivity index (χ3n) is 3.08. The molecule has 0 N–H and O–H groups in total. The molecule has 0 aliphatic rings. The van der Waals surface area contributed by atoms with Crippen LogP contribution in [-0.4, -0.2) is 20.0 Å². The minimum absolute atomic E-state index is 0.232. The molecule has 2 aromatic rings. The summed E-state index contributed by atoms with van der Waals surface area (Å²) in [7, 11) is 2.95. The van der Waals surface area contributed by atoms with Gasteiger partial charge in [0.15, 0.2) is 11.5 Å². The minimum atomic E-state index is -0.294. The predicted molar refractivity (Wildman–Crippen MR) is 87.9 cm³/mol. The highest BCUT2D eigenvalue weighted by molar-refractivity contribution is 6.10. The summed E-state index contributed by atoms with van der Waals surface area (Å²) in [6.07, 6.45) is 3.39. The fourth-order valence-electron chi connectivity index (χ4n) is 1.96. The van der Waals surface area contributed by atoms with E-state index < -0.39 is 0 Å². The number of hydrogen-bond acceptors (Lipinski definition) is 3. The Kier molecular flexibility index (Phi) is 5.55. The molecular weight excluding hydrogens is 276 g/mol. The van der Waals surface area contributed by atoms with Gasteiger partial charge in [-0.2, -0.15) is 0 Å². The van der Waals surface area contributed by atoms with Crippen molar-refractivity contribution in [2.45, 2.75) is 0 Å². The summed E-state index contributed by atoms with van der Waals surface area (Å²) >= 11 is 0. The smallest absolute Gasteiger partial charge is 0.261 e. The number of carbonyl (C=O) groups is 1. The molecule has 22 heavy (non-hydrogen) atoms. The molecule has 0 heterocycles. The topological polar surface area (TPSA) is 35.5 Å². The first-order chi connectivity index (χ1) is 10.7. The Bertz CT molecular complexity index is 611. The van der Waals surface area contributed by atoms with Crippen LogP contribution in [0.15, 0.2) is 72.2 Å². The summed E-state index contributed by atoms with van der Waals surface area (Å²) in [5, 5.41) is 0. The third kappa shape index (κ3) is 4.09. The second-order valence-electron chi connectivity index (χ2n) is 4.58. The van der Waals surface area contributed by atoms with Gasteiger partial charge in [-0.25, -0.2) is 0 Å². The van der Waals surface area contributed by atoms with E-state index in [2.05, 4.69) is 0 Å². The van der Waals surface area contributed by atoms with E-state index in [1.54, 1.807) is 12.2 Å². The van der Waals surface area contributed by atoms with Crippen molar-refractivity contribution in [3.05, 3.63) is 83.3 Å². The molecular formula is C19H18O3. The van der Waals surface area contributed by atoms with Gasteiger partial charge >= 0.3 is 0 Å². The molecule has 0 amide bonds.